The molecule has 0 bridgehead atoms. The minimum atomic E-state index is 0.538. The standard InChI is InChI=1S/C69H43N7/c1-4-18-44(19-5-1)45-32-35-49(36-33-45)75-64-41-37-50(74-59-28-14-10-24-51(59)52-25-11-15-29-60(52)74)43-58(64)56-39-38-55-53-26-12-17-31-62(53)76(66(55)65(56)75)69-71-67(46-20-6-2-7-21-46)70-68(72-69)47-34-40-63-57(42-47)54-27-13-16-30-61(54)73(63)48-22-8-3-9-23-48/h1-43H. The van der Waals surface area contributed by atoms with Crippen molar-refractivity contribution in [3.63, 3.8) is 0 Å². The van der Waals surface area contributed by atoms with Gasteiger partial charge in [-0.25, -0.2) is 4.98 Å². The predicted octanol–water partition coefficient (Wildman–Crippen LogP) is 17.3. The Labute approximate surface area is 436 Å². The zero-order chi connectivity index (χ0) is 49.8. The van der Waals surface area contributed by atoms with Crippen LogP contribution < -0.4 is 0 Å². The second-order valence-corrected chi connectivity index (χ2v) is 19.6. The van der Waals surface area contributed by atoms with Gasteiger partial charge in [-0.2, -0.15) is 9.97 Å². The highest BCUT2D eigenvalue weighted by atomic mass is 15.2. The first kappa shape index (κ1) is 42.2. The van der Waals surface area contributed by atoms with Gasteiger partial charge in [0, 0.05) is 71.3 Å². The van der Waals surface area contributed by atoms with Crippen molar-refractivity contribution < 1.29 is 0 Å². The molecule has 5 aromatic heterocycles. The van der Waals surface area contributed by atoms with Gasteiger partial charge >= 0.3 is 0 Å². The number of aromatic nitrogens is 7. The van der Waals surface area contributed by atoms with Crippen molar-refractivity contribution >= 4 is 87.2 Å². The molecule has 0 amide bonds. The summed E-state index contributed by atoms with van der Waals surface area (Å²) in [4.78, 5) is 16.3. The third-order valence-corrected chi connectivity index (χ3v) is 15.4. The second-order valence-electron chi connectivity index (χ2n) is 19.6. The highest BCUT2D eigenvalue weighted by Crippen LogP contribution is 2.44. The lowest BCUT2D eigenvalue weighted by Gasteiger charge is -2.14. The van der Waals surface area contributed by atoms with E-state index in [-0.39, 0.29) is 0 Å². The molecule has 0 atom stereocenters. The summed E-state index contributed by atoms with van der Waals surface area (Å²) in [5.74, 6) is 1.73. The van der Waals surface area contributed by atoms with E-state index in [4.69, 9.17) is 15.0 Å². The van der Waals surface area contributed by atoms with E-state index >= 15 is 0 Å². The maximum Gasteiger partial charge on any atom is 0.238 e. The third kappa shape index (κ3) is 6.33. The summed E-state index contributed by atoms with van der Waals surface area (Å²) >= 11 is 0. The predicted molar refractivity (Wildman–Crippen MR) is 313 cm³/mol. The van der Waals surface area contributed by atoms with Crippen molar-refractivity contribution in [2.75, 3.05) is 0 Å². The highest BCUT2D eigenvalue weighted by molar-refractivity contribution is 6.24. The quantitative estimate of drug-likeness (QED) is 0.160. The molecule has 0 N–H and O–H groups in total. The first-order valence-corrected chi connectivity index (χ1v) is 25.8. The SMILES string of the molecule is c1ccc(-c2ccc(-n3c4ccc(-n5c6ccccc6c6ccccc65)cc4c4ccc5c6ccccc6n(-c6nc(-c7ccccc7)nc(-c7ccc8c(c7)c7ccccc7n8-c7ccccc7)n6)c5c43)cc2)cc1. The van der Waals surface area contributed by atoms with Crippen LogP contribution in [0.2, 0.25) is 0 Å². The number of para-hydroxylation sites is 5. The third-order valence-electron chi connectivity index (χ3n) is 15.4. The molecule has 0 aliphatic carbocycles. The van der Waals surface area contributed by atoms with Gasteiger partial charge in [0.05, 0.1) is 44.1 Å². The molecular formula is C69H43N7. The second kappa shape index (κ2) is 16.6. The topological polar surface area (TPSA) is 58.4 Å². The van der Waals surface area contributed by atoms with Crippen LogP contribution in [0.25, 0.3) is 144 Å². The molecule has 0 saturated heterocycles. The van der Waals surface area contributed by atoms with Crippen LogP contribution in [0.5, 0.6) is 0 Å². The number of fused-ring (bicyclic) bond motifs is 13. The molecule has 7 heteroatoms. The Hall–Kier alpha value is -10.4. The van der Waals surface area contributed by atoms with Crippen LogP contribution in [0.4, 0.5) is 0 Å². The van der Waals surface area contributed by atoms with Gasteiger partial charge in [0.1, 0.15) is 0 Å². The molecule has 76 heavy (non-hydrogen) atoms. The van der Waals surface area contributed by atoms with Gasteiger partial charge in [0.15, 0.2) is 11.6 Å². The van der Waals surface area contributed by atoms with E-state index in [9.17, 15) is 0 Å². The Morgan fingerprint density at radius 3 is 1.22 bits per heavy atom. The van der Waals surface area contributed by atoms with E-state index in [1.165, 1.54) is 27.4 Å². The monoisotopic (exact) mass is 969 g/mol. The van der Waals surface area contributed by atoms with Gasteiger partial charge in [-0.1, -0.05) is 176 Å². The molecule has 0 radical (unpaired) electrons. The van der Waals surface area contributed by atoms with Crippen LogP contribution >= 0.6 is 0 Å². The lowest BCUT2D eigenvalue weighted by atomic mass is 10.1. The molecule has 16 rings (SSSR count). The van der Waals surface area contributed by atoms with Crippen molar-refractivity contribution in [2.24, 2.45) is 0 Å². The largest absolute Gasteiger partial charge is 0.309 e. The summed E-state index contributed by atoms with van der Waals surface area (Å²) in [6, 6.07) is 93.4. The van der Waals surface area contributed by atoms with Gasteiger partial charge in [-0.3, -0.25) is 4.57 Å². The van der Waals surface area contributed by atoms with Crippen molar-refractivity contribution in [3.05, 3.63) is 261 Å². The van der Waals surface area contributed by atoms with E-state index in [1.807, 2.05) is 18.2 Å². The summed E-state index contributed by atoms with van der Waals surface area (Å²) in [6.07, 6.45) is 0. The molecule has 7 nitrogen and oxygen atoms in total. The van der Waals surface area contributed by atoms with Crippen LogP contribution in [0.1, 0.15) is 0 Å². The lowest BCUT2D eigenvalue weighted by molar-refractivity contribution is 0.953. The van der Waals surface area contributed by atoms with Crippen molar-refractivity contribution in [2.45, 2.75) is 0 Å². The molecule has 5 heterocycles. The Bertz CT molecular complexity index is 4910. The molecule has 0 aliphatic rings. The Morgan fingerprint density at radius 2 is 0.592 bits per heavy atom. The van der Waals surface area contributed by atoms with E-state index in [0.717, 1.165) is 99.2 Å². The van der Waals surface area contributed by atoms with Gasteiger partial charge in [-0.15, -0.1) is 0 Å². The van der Waals surface area contributed by atoms with Crippen molar-refractivity contribution in [3.8, 4) is 56.9 Å². The number of nitrogens with zero attached hydrogens (tertiary/aromatic N) is 7. The average Bonchev–Trinajstić information content (AvgIpc) is 4.43. The van der Waals surface area contributed by atoms with E-state index < -0.39 is 0 Å². The van der Waals surface area contributed by atoms with Crippen LogP contribution in [0, 0.1) is 0 Å². The zero-order valence-electron chi connectivity index (χ0n) is 41.0. The van der Waals surface area contributed by atoms with Crippen LogP contribution in [0.3, 0.4) is 0 Å². The summed E-state index contributed by atoms with van der Waals surface area (Å²) in [7, 11) is 0. The first-order chi connectivity index (χ1) is 37.7. The Balaban J connectivity index is 0.990. The van der Waals surface area contributed by atoms with E-state index in [1.54, 1.807) is 0 Å². The lowest BCUT2D eigenvalue weighted by Crippen LogP contribution is -2.07. The molecule has 0 fully saturated rings. The molecule has 11 aromatic carbocycles. The maximum absolute atomic E-state index is 5.56. The summed E-state index contributed by atoms with van der Waals surface area (Å²) in [5.41, 5.74) is 16.2. The smallest absolute Gasteiger partial charge is 0.238 e. The summed E-state index contributed by atoms with van der Waals surface area (Å²) in [5, 5.41) is 9.24. The molecular weight excluding hydrogens is 927 g/mol. The zero-order valence-corrected chi connectivity index (χ0v) is 41.0. The molecule has 0 spiro atoms. The molecule has 354 valence electrons. The fourth-order valence-corrected chi connectivity index (χ4v) is 12.1. The number of benzene rings is 11. The van der Waals surface area contributed by atoms with Crippen LogP contribution in [-0.4, -0.2) is 33.2 Å². The van der Waals surface area contributed by atoms with Gasteiger partial charge < -0.3 is 13.7 Å². The van der Waals surface area contributed by atoms with E-state index in [2.05, 4.69) is 261 Å². The maximum atomic E-state index is 5.56. The van der Waals surface area contributed by atoms with E-state index in [0.29, 0.717) is 17.6 Å². The minimum absolute atomic E-state index is 0.538. The molecule has 0 unspecified atom stereocenters. The minimum Gasteiger partial charge on any atom is -0.309 e. The normalized spacial score (nSPS) is 11.9. The van der Waals surface area contributed by atoms with Crippen molar-refractivity contribution in [1.29, 1.82) is 0 Å². The number of hydrogen-bond donors (Lipinski definition) is 0. The highest BCUT2D eigenvalue weighted by Gasteiger charge is 2.25. The average molecular weight is 970 g/mol. The summed E-state index contributed by atoms with van der Waals surface area (Å²) < 4.78 is 9.48. The number of rotatable bonds is 7. The van der Waals surface area contributed by atoms with Crippen LogP contribution in [0.15, 0.2) is 261 Å². The number of hydrogen-bond acceptors (Lipinski definition) is 3. The van der Waals surface area contributed by atoms with Gasteiger partial charge in [0.2, 0.25) is 5.95 Å². The summed E-state index contributed by atoms with van der Waals surface area (Å²) in [6.45, 7) is 0. The first-order valence-electron chi connectivity index (χ1n) is 25.8. The Morgan fingerprint density at radius 1 is 0.211 bits per heavy atom. The van der Waals surface area contributed by atoms with Gasteiger partial charge in [0.25, 0.3) is 0 Å². The molecule has 0 saturated carbocycles. The Kier molecular flexibility index (Phi) is 9.20. The fraction of sp³-hybridized carbons (Fsp3) is 0. The molecule has 16 aromatic rings. The van der Waals surface area contributed by atoms with Crippen LogP contribution in [-0.2, 0) is 0 Å². The fourth-order valence-electron chi connectivity index (χ4n) is 12.1. The molecule has 0 aliphatic heterocycles. The van der Waals surface area contributed by atoms with Crippen molar-refractivity contribution in [1.82, 2.24) is 33.2 Å². The van der Waals surface area contributed by atoms with Gasteiger partial charge in [-0.05, 0) is 96.1 Å².